The van der Waals surface area contributed by atoms with Gasteiger partial charge < -0.3 is 10.2 Å². The second-order valence-electron chi connectivity index (χ2n) is 7.63. The predicted octanol–water partition coefficient (Wildman–Crippen LogP) is 5.53. The van der Waals surface area contributed by atoms with Crippen LogP contribution in [-0.2, 0) is 13.1 Å². The van der Waals surface area contributed by atoms with Gasteiger partial charge in [-0.05, 0) is 53.5 Å². The number of carbonyl (C=O) groups excluding carboxylic acids is 1. The molecule has 1 aliphatic heterocycles. The van der Waals surface area contributed by atoms with Crippen molar-refractivity contribution >= 4 is 11.7 Å². The molecular formula is C22H26N2O. The summed E-state index contributed by atoms with van der Waals surface area (Å²) in [6.45, 7) is 3.74. The quantitative estimate of drug-likeness (QED) is 0.769. The molecule has 1 heterocycles. The third kappa shape index (κ3) is 3.55. The predicted molar refractivity (Wildman–Crippen MR) is 102 cm³/mol. The van der Waals surface area contributed by atoms with Crippen LogP contribution in [0.2, 0.25) is 0 Å². The maximum Gasteiger partial charge on any atom is 0.322 e. The fraction of sp³-hybridized carbons (Fsp3) is 0.409. The van der Waals surface area contributed by atoms with E-state index in [-0.39, 0.29) is 6.03 Å². The van der Waals surface area contributed by atoms with E-state index < -0.39 is 0 Å². The van der Waals surface area contributed by atoms with Gasteiger partial charge in [-0.2, -0.15) is 0 Å². The van der Waals surface area contributed by atoms with Gasteiger partial charge >= 0.3 is 6.03 Å². The minimum Gasteiger partial charge on any atom is -0.316 e. The molecule has 2 aromatic carbocycles. The topological polar surface area (TPSA) is 32.3 Å². The molecule has 0 atom stereocenters. The van der Waals surface area contributed by atoms with Crippen LogP contribution in [0.15, 0.2) is 48.5 Å². The molecule has 2 aromatic rings. The van der Waals surface area contributed by atoms with Gasteiger partial charge in [-0.1, -0.05) is 56.2 Å². The van der Waals surface area contributed by atoms with Crippen LogP contribution >= 0.6 is 0 Å². The first-order valence-corrected chi connectivity index (χ1v) is 9.42. The highest BCUT2D eigenvalue weighted by Crippen LogP contribution is 2.35. The number of nitrogens with one attached hydrogen (secondary N) is 1. The summed E-state index contributed by atoms with van der Waals surface area (Å²) >= 11 is 0. The summed E-state index contributed by atoms with van der Waals surface area (Å²) in [5.74, 6) is 1.56. The lowest BCUT2D eigenvalue weighted by Gasteiger charge is -2.26. The molecule has 4 rings (SSSR count). The van der Waals surface area contributed by atoms with Gasteiger partial charge in [-0.15, -0.1) is 0 Å². The Labute approximate surface area is 150 Å². The molecule has 0 radical (unpaired) electrons. The molecule has 0 saturated heterocycles. The first kappa shape index (κ1) is 16.2. The number of anilines is 1. The number of hydrogen-bond acceptors (Lipinski definition) is 1. The lowest BCUT2D eigenvalue weighted by atomic mass is 9.79. The van der Waals surface area contributed by atoms with Crippen LogP contribution in [0, 0.1) is 5.92 Å². The van der Waals surface area contributed by atoms with Crippen LogP contribution in [0.5, 0.6) is 0 Å². The van der Waals surface area contributed by atoms with E-state index >= 15 is 0 Å². The maximum atomic E-state index is 12.5. The van der Waals surface area contributed by atoms with Crippen molar-refractivity contribution in [3.63, 3.8) is 0 Å². The zero-order valence-electron chi connectivity index (χ0n) is 14.9. The zero-order valence-corrected chi connectivity index (χ0v) is 14.9. The van der Waals surface area contributed by atoms with Crippen molar-refractivity contribution in [2.75, 3.05) is 5.32 Å². The fourth-order valence-electron chi connectivity index (χ4n) is 4.11. The molecule has 2 amide bonds. The standard InChI is InChI=1S/C22H26N2O/c1-16-6-8-17(9-7-16)18-10-12-21(13-11-18)23-22(25)24-14-19-4-2-3-5-20(19)15-24/h2-5,10-13,16-17H,6-9,14-15H2,1H3,(H,23,25). The Morgan fingerprint density at radius 3 is 2.12 bits per heavy atom. The van der Waals surface area contributed by atoms with E-state index in [0.29, 0.717) is 19.0 Å². The molecular weight excluding hydrogens is 308 g/mol. The highest BCUT2D eigenvalue weighted by molar-refractivity contribution is 5.89. The van der Waals surface area contributed by atoms with Gasteiger partial charge in [0.05, 0.1) is 0 Å². The molecule has 2 aliphatic rings. The Hall–Kier alpha value is -2.29. The number of rotatable bonds is 2. The fourth-order valence-corrected chi connectivity index (χ4v) is 4.11. The van der Waals surface area contributed by atoms with Gasteiger partial charge in [-0.3, -0.25) is 0 Å². The van der Waals surface area contributed by atoms with Crippen LogP contribution in [0.4, 0.5) is 10.5 Å². The largest absolute Gasteiger partial charge is 0.322 e. The van der Waals surface area contributed by atoms with E-state index in [9.17, 15) is 4.79 Å². The first-order chi connectivity index (χ1) is 12.2. The van der Waals surface area contributed by atoms with Crippen molar-refractivity contribution in [3.05, 3.63) is 65.2 Å². The second kappa shape index (κ2) is 6.91. The number of amides is 2. The Bertz CT molecular complexity index is 720. The Morgan fingerprint density at radius 1 is 0.920 bits per heavy atom. The van der Waals surface area contributed by atoms with Gasteiger partial charge in [0.1, 0.15) is 0 Å². The number of carbonyl (C=O) groups is 1. The van der Waals surface area contributed by atoms with Crippen molar-refractivity contribution in [2.24, 2.45) is 5.92 Å². The van der Waals surface area contributed by atoms with Gasteiger partial charge in [0.2, 0.25) is 0 Å². The number of benzene rings is 2. The van der Waals surface area contributed by atoms with E-state index in [1.54, 1.807) is 0 Å². The van der Waals surface area contributed by atoms with Crippen LogP contribution < -0.4 is 5.32 Å². The summed E-state index contributed by atoms with van der Waals surface area (Å²) < 4.78 is 0. The number of fused-ring (bicyclic) bond motifs is 1. The van der Waals surface area contributed by atoms with Crippen LogP contribution in [0.25, 0.3) is 0 Å². The highest BCUT2D eigenvalue weighted by atomic mass is 16.2. The minimum absolute atomic E-state index is 0.0181. The van der Waals surface area contributed by atoms with Crippen molar-refractivity contribution in [3.8, 4) is 0 Å². The normalized spacial score (nSPS) is 22.5. The summed E-state index contributed by atoms with van der Waals surface area (Å²) in [7, 11) is 0. The van der Waals surface area contributed by atoms with Gasteiger partial charge in [0, 0.05) is 18.8 Å². The summed E-state index contributed by atoms with van der Waals surface area (Å²) in [6, 6.07) is 16.7. The molecule has 130 valence electrons. The molecule has 1 fully saturated rings. The second-order valence-corrected chi connectivity index (χ2v) is 7.63. The maximum absolute atomic E-state index is 12.5. The van der Waals surface area contributed by atoms with Crippen molar-refractivity contribution in [2.45, 2.75) is 51.6 Å². The molecule has 1 saturated carbocycles. The summed E-state index contributed by atoms with van der Waals surface area (Å²) in [6.07, 6.45) is 5.25. The van der Waals surface area contributed by atoms with Crippen LogP contribution in [-0.4, -0.2) is 10.9 Å². The molecule has 3 heteroatoms. The smallest absolute Gasteiger partial charge is 0.316 e. The summed E-state index contributed by atoms with van der Waals surface area (Å²) in [5, 5.41) is 3.04. The molecule has 0 spiro atoms. The van der Waals surface area contributed by atoms with Crippen molar-refractivity contribution in [1.82, 2.24) is 4.90 Å². The van der Waals surface area contributed by atoms with Crippen LogP contribution in [0.1, 0.15) is 55.2 Å². The van der Waals surface area contributed by atoms with E-state index in [4.69, 9.17) is 0 Å². The third-order valence-electron chi connectivity index (χ3n) is 5.78. The lowest BCUT2D eigenvalue weighted by molar-refractivity contribution is 0.212. The van der Waals surface area contributed by atoms with Gasteiger partial charge in [0.25, 0.3) is 0 Å². The third-order valence-corrected chi connectivity index (χ3v) is 5.78. The molecule has 0 bridgehead atoms. The van der Waals surface area contributed by atoms with E-state index in [0.717, 1.165) is 11.6 Å². The van der Waals surface area contributed by atoms with Crippen molar-refractivity contribution < 1.29 is 4.79 Å². The Morgan fingerprint density at radius 2 is 1.52 bits per heavy atom. The molecule has 0 aromatic heterocycles. The number of urea groups is 1. The van der Waals surface area contributed by atoms with E-state index in [1.165, 1.54) is 42.4 Å². The van der Waals surface area contributed by atoms with Crippen molar-refractivity contribution in [1.29, 1.82) is 0 Å². The summed E-state index contributed by atoms with van der Waals surface area (Å²) in [4.78, 5) is 14.4. The Kier molecular flexibility index (Phi) is 4.48. The van der Waals surface area contributed by atoms with E-state index in [2.05, 4.69) is 48.6 Å². The molecule has 25 heavy (non-hydrogen) atoms. The summed E-state index contributed by atoms with van der Waals surface area (Å²) in [5.41, 5.74) is 4.80. The first-order valence-electron chi connectivity index (χ1n) is 9.42. The van der Waals surface area contributed by atoms with Gasteiger partial charge in [-0.25, -0.2) is 4.79 Å². The zero-order chi connectivity index (χ0) is 17.2. The van der Waals surface area contributed by atoms with E-state index in [1.807, 2.05) is 17.0 Å². The molecule has 3 nitrogen and oxygen atoms in total. The SMILES string of the molecule is CC1CCC(c2ccc(NC(=O)N3Cc4ccccc4C3)cc2)CC1. The number of nitrogens with zero attached hydrogens (tertiary/aromatic N) is 1. The van der Waals surface area contributed by atoms with Crippen LogP contribution in [0.3, 0.4) is 0 Å². The molecule has 1 aliphatic carbocycles. The minimum atomic E-state index is -0.0181. The Balaban J connectivity index is 1.36. The number of hydrogen-bond donors (Lipinski definition) is 1. The highest BCUT2D eigenvalue weighted by Gasteiger charge is 2.23. The average Bonchev–Trinajstić information content (AvgIpc) is 3.07. The monoisotopic (exact) mass is 334 g/mol. The molecule has 0 unspecified atom stereocenters. The van der Waals surface area contributed by atoms with Gasteiger partial charge in [0.15, 0.2) is 0 Å². The lowest BCUT2D eigenvalue weighted by Crippen LogP contribution is -2.30. The average molecular weight is 334 g/mol. The molecule has 1 N–H and O–H groups in total.